The SMILES string of the molecule is Cn1cccc1C(=O)N1Cc2ccnn2CC(OCC2CCCC2)C1. The first-order valence-corrected chi connectivity index (χ1v) is 9.23. The van der Waals surface area contributed by atoms with Gasteiger partial charge < -0.3 is 14.2 Å². The highest BCUT2D eigenvalue weighted by molar-refractivity contribution is 5.92. The number of aryl methyl sites for hydroxylation is 1. The van der Waals surface area contributed by atoms with Gasteiger partial charge in [0.25, 0.3) is 5.91 Å². The third-order valence-electron chi connectivity index (χ3n) is 5.45. The van der Waals surface area contributed by atoms with E-state index in [1.54, 1.807) is 6.20 Å². The lowest BCUT2D eigenvalue weighted by atomic mass is 10.1. The van der Waals surface area contributed by atoms with Gasteiger partial charge in [-0.05, 0) is 37.0 Å². The van der Waals surface area contributed by atoms with Crippen molar-refractivity contribution in [2.75, 3.05) is 13.2 Å². The Morgan fingerprint density at radius 1 is 1.28 bits per heavy atom. The first-order valence-electron chi connectivity index (χ1n) is 9.23. The number of carbonyl (C=O) groups excluding carboxylic acids is 1. The van der Waals surface area contributed by atoms with E-state index in [9.17, 15) is 4.79 Å². The molecular formula is C19H26N4O2. The lowest BCUT2D eigenvalue weighted by Crippen LogP contribution is -2.38. The summed E-state index contributed by atoms with van der Waals surface area (Å²) in [4.78, 5) is 14.9. The number of nitrogens with zero attached hydrogens (tertiary/aromatic N) is 4. The topological polar surface area (TPSA) is 52.3 Å². The van der Waals surface area contributed by atoms with E-state index in [0.29, 0.717) is 31.2 Å². The maximum absolute atomic E-state index is 13.0. The first kappa shape index (κ1) is 16.4. The molecule has 4 rings (SSSR count). The van der Waals surface area contributed by atoms with Gasteiger partial charge in [-0.15, -0.1) is 0 Å². The quantitative estimate of drug-likeness (QED) is 0.858. The van der Waals surface area contributed by atoms with Crippen LogP contribution >= 0.6 is 0 Å². The highest BCUT2D eigenvalue weighted by Crippen LogP contribution is 2.26. The normalized spacial score (nSPS) is 21.3. The molecule has 6 heteroatoms. The van der Waals surface area contributed by atoms with E-state index in [1.165, 1.54) is 25.7 Å². The fraction of sp³-hybridized carbons (Fsp3) is 0.579. The second-order valence-electron chi connectivity index (χ2n) is 7.30. The van der Waals surface area contributed by atoms with Crippen molar-refractivity contribution in [3.8, 4) is 0 Å². The molecule has 1 fully saturated rings. The molecule has 3 heterocycles. The summed E-state index contributed by atoms with van der Waals surface area (Å²) in [6, 6.07) is 5.77. The molecule has 1 unspecified atom stereocenters. The predicted molar refractivity (Wildman–Crippen MR) is 94.1 cm³/mol. The number of rotatable bonds is 4. The van der Waals surface area contributed by atoms with Crippen LogP contribution in [-0.4, -0.2) is 44.4 Å². The van der Waals surface area contributed by atoms with Gasteiger partial charge in [0.15, 0.2) is 0 Å². The van der Waals surface area contributed by atoms with E-state index >= 15 is 0 Å². The van der Waals surface area contributed by atoms with E-state index in [0.717, 1.165) is 12.3 Å². The smallest absolute Gasteiger partial charge is 0.270 e. The number of ether oxygens (including phenoxy) is 1. The highest BCUT2D eigenvalue weighted by atomic mass is 16.5. The minimum atomic E-state index is -0.00836. The van der Waals surface area contributed by atoms with E-state index in [-0.39, 0.29) is 12.0 Å². The molecule has 0 spiro atoms. The summed E-state index contributed by atoms with van der Waals surface area (Å²) in [5.74, 6) is 0.731. The van der Waals surface area contributed by atoms with Gasteiger partial charge in [-0.3, -0.25) is 9.48 Å². The number of amides is 1. The summed E-state index contributed by atoms with van der Waals surface area (Å²) in [5.41, 5.74) is 1.78. The van der Waals surface area contributed by atoms with Crippen LogP contribution in [0.4, 0.5) is 0 Å². The molecule has 2 aromatic heterocycles. The average Bonchev–Trinajstić information content (AvgIpc) is 3.33. The molecule has 2 aliphatic rings. The van der Waals surface area contributed by atoms with Crippen molar-refractivity contribution < 1.29 is 9.53 Å². The molecule has 134 valence electrons. The Bertz CT molecular complexity index is 729. The van der Waals surface area contributed by atoms with Crippen molar-refractivity contribution in [3.05, 3.63) is 42.0 Å². The van der Waals surface area contributed by atoms with Crippen LogP contribution < -0.4 is 0 Å². The van der Waals surface area contributed by atoms with E-state index in [1.807, 2.05) is 45.6 Å². The van der Waals surface area contributed by atoms with Crippen LogP contribution in [-0.2, 0) is 24.9 Å². The van der Waals surface area contributed by atoms with Gasteiger partial charge in [0.1, 0.15) is 5.69 Å². The zero-order chi connectivity index (χ0) is 17.2. The Kier molecular flexibility index (Phi) is 4.61. The van der Waals surface area contributed by atoms with Crippen LogP contribution in [0.25, 0.3) is 0 Å². The molecule has 0 bridgehead atoms. The Morgan fingerprint density at radius 2 is 2.12 bits per heavy atom. The van der Waals surface area contributed by atoms with Gasteiger partial charge in [0, 0.05) is 32.6 Å². The highest BCUT2D eigenvalue weighted by Gasteiger charge is 2.28. The average molecular weight is 342 g/mol. The van der Waals surface area contributed by atoms with Crippen molar-refractivity contribution in [1.82, 2.24) is 19.2 Å². The second-order valence-corrected chi connectivity index (χ2v) is 7.30. The Labute approximate surface area is 148 Å². The lowest BCUT2D eigenvalue weighted by molar-refractivity contribution is 0.00271. The molecule has 1 aliphatic carbocycles. The van der Waals surface area contributed by atoms with Gasteiger partial charge in [0.05, 0.1) is 24.9 Å². The standard InChI is InChI=1S/C19H26N4O2/c1-21-10-4-7-18(21)19(24)22-11-16-8-9-20-23(16)13-17(12-22)25-14-15-5-2-3-6-15/h4,7-10,15,17H,2-3,5-6,11-14H2,1H3. The number of fused-ring (bicyclic) bond motifs is 1. The zero-order valence-corrected chi connectivity index (χ0v) is 14.8. The Morgan fingerprint density at radius 3 is 2.88 bits per heavy atom. The number of carbonyl (C=O) groups is 1. The van der Waals surface area contributed by atoms with Gasteiger partial charge in [0.2, 0.25) is 0 Å². The van der Waals surface area contributed by atoms with Crippen molar-refractivity contribution >= 4 is 5.91 Å². The molecular weight excluding hydrogens is 316 g/mol. The molecule has 1 saturated carbocycles. The van der Waals surface area contributed by atoms with Crippen molar-refractivity contribution in [3.63, 3.8) is 0 Å². The largest absolute Gasteiger partial charge is 0.374 e. The van der Waals surface area contributed by atoms with Gasteiger partial charge in [-0.1, -0.05) is 12.8 Å². The van der Waals surface area contributed by atoms with Gasteiger partial charge in [-0.2, -0.15) is 5.10 Å². The molecule has 1 atom stereocenters. The molecule has 0 radical (unpaired) electrons. The number of aromatic nitrogens is 3. The van der Waals surface area contributed by atoms with E-state index in [4.69, 9.17) is 4.74 Å². The van der Waals surface area contributed by atoms with Crippen LogP contribution in [0, 0.1) is 5.92 Å². The van der Waals surface area contributed by atoms with Crippen molar-refractivity contribution in [2.45, 2.75) is 44.9 Å². The van der Waals surface area contributed by atoms with Crippen molar-refractivity contribution in [1.29, 1.82) is 0 Å². The monoisotopic (exact) mass is 342 g/mol. The van der Waals surface area contributed by atoms with Crippen LogP contribution in [0.3, 0.4) is 0 Å². The second kappa shape index (κ2) is 7.04. The molecule has 25 heavy (non-hydrogen) atoms. The van der Waals surface area contributed by atoms with Crippen molar-refractivity contribution in [2.24, 2.45) is 13.0 Å². The lowest BCUT2D eigenvalue weighted by Gasteiger charge is -2.25. The zero-order valence-electron chi connectivity index (χ0n) is 14.8. The minimum absolute atomic E-state index is 0.00836. The third kappa shape index (κ3) is 3.49. The number of hydrogen-bond acceptors (Lipinski definition) is 3. The molecule has 6 nitrogen and oxygen atoms in total. The Hall–Kier alpha value is -2.08. The molecule has 1 aliphatic heterocycles. The van der Waals surface area contributed by atoms with Crippen LogP contribution in [0.1, 0.15) is 41.9 Å². The maximum Gasteiger partial charge on any atom is 0.270 e. The summed E-state index contributed by atoms with van der Waals surface area (Å²) in [7, 11) is 1.91. The fourth-order valence-corrected chi connectivity index (χ4v) is 3.97. The van der Waals surface area contributed by atoms with Gasteiger partial charge >= 0.3 is 0 Å². The Balaban J connectivity index is 1.50. The van der Waals surface area contributed by atoms with Gasteiger partial charge in [-0.25, -0.2) is 0 Å². The summed E-state index contributed by atoms with van der Waals surface area (Å²) >= 11 is 0. The summed E-state index contributed by atoms with van der Waals surface area (Å²) in [6.07, 6.45) is 8.88. The van der Waals surface area contributed by atoms with Crippen LogP contribution in [0.15, 0.2) is 30.6 Å². The summed E-state index contributed by atoms with van der Waals surface area (Å²) in [5, 5.41) is 4.41. The van der Waals surface area contributed by atoms with E-state index < -0.39 is 0 Å². The molecule has 2 aromatic rings. The summed E-state index contributed by atoms with van der Waals surface area (Å²) < 4.78 is 10.1. The first-order chi connectivity index (χ1) is 12.2. The van der Waals surface area contributed by atoms with Crippen LogP contribution in [0.2, 0.25) is 0 Å². The minimum Gasteiger partial charge on any atom is -0.374 e. The third-order valence-corrected chi connectivity index (χ3v) is 5.45. The fourth-order valence-electron chi connectivity index (χ4n) is 3.97. The molecule has 0 aromatic carbocycles. The molecule has 0 saturated heterocycles. The predicted octanol–water partition coefficient (Wildman–Crippen LogP) is 2.45. The molecule has 0 N–H and O–H groups in total. The van der Waals surface area contributed by atoms with Crippen LogP contribution in [0.5, 0.6) is 0 Å². The maximum atomic E-state index is 13.0. The number of hydrogen-bond donors (Lipinski definition) is 0. The summed E-state index contributed by atoms with van der Waals surface area (Å²) in [6.45, 7) is 2.70. The molecule has 1 amide bonds. The van der Waals surface area contributed by atoms with E-state index in [2.05, 4.69) is 5.10 Å².